The average molecular weight is 337 g/mol. The molecule has 2 heterocycles. The van der Waals surface area contributed by atoms with E-state index >= 15 is 0 Å². The second-order valence-electron chi connectivity index (χ2n) is 7.11. The van der Waals surface area contributed by atoms with Crippen molar-refractivity contribution in [1.29, 1.82) is 0 Å². The molecule has 1 aliphatic carbocycles. The van der Waals surface area contributed by atoms with Crippen molar-refractivity contribution in [1.82, 2.24) is 15.1 Å². The zero-order chi connectivity index (χ0) is 17.3. The number of aliphatic hydroxyl groups is 1. The van der Waals surface area contributed by atoms with E-state index in [1.165, 1.54) is 0 Å². The molecule has 4 rings (SSSR count). The number of piperidine rings is 1. The molecule has 0 spiro atoms. The molecule has 1 N–H and O–H groups in total. The zero-order valence-electron chi connectivity index (χ0n) is 14.2. The highest BCUT2D eigenvalue weighted by molar-refractivity contribution is 5.92. The molecule has 25 heavy (non-hydrogen) atoms. The molecule has 1 saturated heterocycles. The Morgan fingerprint density at radius 1 is 1.12 bits per heavy atom. The Balaban J connectivity index is 1.66. The van der Waals surface area contributed by atoms with Gasteiger partial charge in [-0.3, -0.25) is 4.79 Å². The Labute approximate surface area is 147 Å². The Morgan fingerprint density at radius 3 is 2.68 bits per heavy atom. The molecule has 3 atom stereocenters. The van der Waals surface area contributed by atoms with E-state index in [1.807, 2.05) is 35.2 Å². The Hall–Kier alpha value is -2.27. The molecule has 1 unspecified atom stereocenters. The molecule has 5 nitrogen and oxygen atoms in total. The molecule has 0 bridgehead atoms. The van der Waals surface area contributed by atoms with E-state index in [1.54, 1.807) is 18.3 Å². The SMILES string of the molecule is O=C(c1cccnn1)N1CCC(O)(c2ccccc2)[C@H]2CCCC[C@@H]21. The van der Waals surface area contributed by atoms with Gasteiger partial charge in [-0.15, -0.1) is 5.10 Å². The number of hydrogen-bond donors (Lipinski definition) is 1. The summed E-state index contributed by atoms with van der Waals surface area (Å²) in [5, 5.41) is 19.4. The van der Waals surface area contributed by atoms with Crippen LogP contribution in [0.4, 0.5) is 0 Å². The van der Waals surface area contributed by atoms with Crippen LogP contribution in [0.3, 0.4) is 0 Å². The second-order valence-corrected chi connectivity index (χ2v) is 7.11. The van der Waals surface area contributed by atoms with Gasteiger partial charge in [-0.1, -0.05) is 43.2 Å². The maximum atomic E-state index is 12.9. The van der Waals surface area contributed by atoms with E-state index in [4.69, 9.17) is 0 Å². The number of amides is 1. The highest BCUT2D eigenvalue weighted by Crippen LogP contribution is 2.47. The van der Waals surface area contributed by atoms with Gasteiger partial charge in [-0.25, -0.2) is 0 Å². The maximum Gasteiger partial charge on any atom is 0.274 e. The molecule has 130 valence electrons. The number of fused-ring (bicyclic) bond motifs is 1. The quantitative estimate of drug-likeness (QED) is 0.915. The fourth-order valence-corrected chi connectivity index (χ4v) is 4.58. The van der Waals surface area contributed by atoms with Crippen LogP contribution in [0.25, 0.3) is 0 Å². The molecular formula is C20H23N3O2. The Kier molecular flexibility index (Phi) is 4.25. The number of nitrogens with zero attached hydrogens (tertiary/aromatic N) is 3. The fourth-order valence-electron chi connectivity index (χ4n) is 4.58. The summed E-state index contributed by atoms with van der Waals surface area (Å²) in [5.74, 6) is -0.00173. The first-order valence-electron chi connectivity index (χ1n) is 9.07. The summed E-state index contributed by atoms with van der Waals surface area (Å²) in [7, 11) is 0. The van der Waals surface area contributed by atoms with E-state index in [-0.39, 0.29) is 17.9 Å². The Morgan fingerprint density at radius 2 is 1.92 bits per heavy atom. The molecule has 2 fully saturated rings. The summed E-state index contributed by atoms with van der Waals surface area (Å²) >= 11 is 0. The fraction of sp³-hybridized carbons (Fsp3) is 0.450. The third-order valence-corrected chi connectivity index (χ3v) is 5.80. The number of carbonyl (C=O) groups is 1. The molecule has 0 radical (unpaired) electrons. The lowest BCUT2D eigenvalue weighted by atomic mass is 9.66. The lowest BCUT2D eigenvalue weighted by Crippen LogP contribution is -2.59. The van der Waals surface area contributed by atoms with Gasteiger partial charge in [0.2, 0.25) is 0 Å². The molecule has 2 aromatic rings. The summed E-state index contributed by atoms with van der Waals surface area (Å²) < 4.78 is 0. The van der Waals surface area contributed by atoms with E-state index in [2.05, 4.69) is 10.2 Å². The van der Waals surface area contributed by atoms with Crippen LogP contribution < -0.4 is 0 Å². The summed E-state index contributed by atoms with van der Waals surface area (Å²) in [6.07, 6.45) is 6.21. The zero-order valence-corrected chi connectivity index (χ0v) is 14.2. The minimum atomic E-state index is -0.856. The maximum absolute atomic E-state index is 12.9. The Bertz CT molecular complexity index is 737. The van der Waals surface area contributed by atoms with Crippen LogP contribution in [0.5, 0.6) is 0 Å². The van der Waals surface area contributed by atoms with Gasteiger partial charge >= 0.3 is 0 Å². The third kappa shape index (κ3) is 2.82. The standard InChI is InChI=1S/C20H23N3O2/c24-19(17-10-6-13-21-22-17)23-14-12-20(25,15-7-2-1-3-8-15)16-9-4-5-11-18(16)23/h1-3,6-8,10,13,16,18,25H,4-5,9,11-12,14H2/t16-,18-,20?/m0/s1. The van der Waals surface area contributed by atoms with E-state index in [9.17, 15) is 9.90 Å². The molecule has 1 aromatic heterocycles. The smallest absolute Gasteiger partial charge is 0.274 e. The molecule has 5 heteroatoms. The number of aromatic nitrogens is 2. The lowest BCUT2D eigenvalue weighted by molar-refractivity contribution is -0.110. The van der Waals surface area contributed by atoms with Gasteiger partial charge in [0.25, 0.3) is 5.91 Å². The molecule has 2 aliphatic rings. The second kappa shape index (κ2) is 6.56. The number of rotatable bonds is 2. The summed E-state index contributed by atoms with van der Waals surface area (Å²) in [6.45, 7) is 0.544. The molecule has 1 amide bonds. The highest BCUT2D eigenvalue weighted by Gasteiger charge is 2.50. The van der Waals surface area contributed by atoms with Crippen molar-refractivity contribution in [3.63, 3.8) is 0 Å². The van der Waals surface area contributed by atoms with Crippen LogP contribution in [0.15, 0.2) is 48.7 Å². The first kappa shape index (κ1) is 16.2. The molecule has 1 aromatic carbocycles. The van der Waals surface area contributed by atoms with E-state index < -0.39 is 5.60 Å². The topological polar surface area (TPSA) is 66.3 Å². The highest BCUT2D eigenvalue weighted by atomic mass is 16.3. The number of carbonyl (C=O) groups excluding carboxylic acids is 1. The van der Waals surface area contributed by atoms with Crippen LogP contribution in [0, 0.1) is 5.92 Å². The average Bonchev–Trinajstić information content (AvgIpc) is 2.69. The summed E-state index contributed by atoms with van der Waals surface area (Å²) in [5.41, 5.74) is 0.501. The van der Waals surface area contributed by atoms with Crippen LogP contribution in [-0.2, 0) is 5.60 Å². The van der Waals surface area contributed by atoms with Crippen LogP contribution in [0.2, 0.25) is 0 Å². The van der Waals surface area contributed by atoms with Gasteiger partial charge < -0.3 is 10.0 Å². The van der Waals surface area contributed by atoms with Gasteiger partial charge in [-0.2, -0.15) is 5.10 Å². The van der Waals surface area contributed by atoms with E-state index in [0.29, 0.717) is 18.7 Å². The van der Waals surface area contributed by atoms with Crippen molar-refractivity contribution in [2.24, 2.45) is 5.92 Å². The van der Waals surface area contributed by atoms with Crippen molar-refractivity contribution in [2.75, 3.05) is 6.54 Å². The molecule has 1 saturated carbocycles. The first-order valence-corrected chi connectivity index (χ1v) is 9.07. The minimum absolute atomic E-state index is 0.0576. The van der Waals surface area contributed by atoms with E-state index in [0.717, 1.165) is 31.2 Å². The van der Waals surface area contributed by atoms with Crippen molar-refractivity contribution in [3.05, 3.63) is 59.9 Å². The van der Waals surface area contributed by atoms with Crippen molar-refractivity contribution >= 4 is 5.91 Å². The minimum Gasteiger partial charge on any atom is -0.385 e. The number of likely N-dealkylation sites (tertiary alicyclic amines) is 1. The van der Waals surface area contributed by atoms with Crippen LogP contribution >= 0.6 is 0 Å². The van der Waals surface area contributed by atoms with Gasteiger partial charge in [0.05, 0.1) is 5.60 Å². The monoisotopic (exact) mass is 337 g/mol. The first-order chi connectivity index (χ1) is 12.2. The normalized spacial score (nSPS) is 29.1. The van der Waals surface area contributed by atoms with Crippen molar-refractivity contribution in [2.45, 2.75) is 43.7 Å². The summed E-state index contributed by atoms with van der Waals surface area (Å²) in [6, 6.07) is 13.4. The summed E-state index contributed by atoms with van der Waals surface area (Å²) in [4.78, 5) is 14.9. The lowest BCUT2D eigenvalue weighted by Gasteiger charge is -2.52. The van der Waals surface area contributed by atoms with Crippen molar-refractivity contribution in [3.8, 4) is 0 Å². The number of hydrogen-bond acceptors (Lipinski definition) is 4. The van der Waals surface area contributed by atoms with Gasteiger partial charge in [-0.05, 0) is 37.0 Å². The predicted molar refractivity (Wildman–Crippen MR) is 93.8 cm³/mol. The molecule has 1 aliphatic heterocycles. The largest absolute Gasteiger partial charge is 0.385 e. The third-order valence-electron chi connectivity index (χ3n) is 5.80. The van der Waals surface area contributed by atoms with Gasteiger partial charge in [0.15, 0.2) is 5.69 Å². The predicted octanol–water partition coefficient (Wildman–Crippen LogP) is 2.77. The van der Waals surface area contributed by atoms with Gasteiger partial charge in [0, 0.05) is 24.7 Å². The van der Waals surface area contributed by atoms with Crippen molar-refractivity contribution < 1.29 is 9.90 Å². The van der Waals surface area contributed by atoms with Crippen LogP contribution in [0.1, 0.15) is 48.2 Å². The number of benzene rings is 1. The van der Waals surface area contributed by atoms with Crippen LogP contribution in [-0.4, -0.2) is 38.7 Å². The van der Waals surface area contributed by atoms with Gasteiger partial charge in [0.1, 0.15) is 0 Å². The molecular weight excluding hydrogens is 314 g/mol.